The predicted molar refractivity (Wildman–Crippen MR) is 111 cm³/mol. The van der Waals surface area contributed by atoms with Gasteiger partial charge in [0.05, 0.1) is 18.8 Å². The van der Waals surface area contributed by atoms with E-state index in [1.54, 1.807) is 0 Å². The number of carbonyl (C=O) groups excluding carboxylic acids is 1. The summed E-state index contributed by atoms with van der Waals surface area (Å²) in [4.78, 5) is 20.1. The molecule has 28 heavy (non-hydrogen) atoms. The number of hydrogen-bond donors (Lipinski definition) is 0. The molecule has 7 heteroatoms. The zero-order valence-corrected chi connectivity index (χ0v) is 18.1. The third kappa shape index (κ3) is 5.13. The highest BCUT2D eigenvalue weighted by atomic mass is 16.5. The van der Waals surface area contributed by atoms with Gasteiger partial charge in [0, 0.05) is 51.9 Å². The molecule has 0 bridgehead atoms. The Labute approximate surface area is 169 Å². The number of ether oxygens (including phenoxy) is 1. The lowest BCUT2D eigenvalue weighted by atomic mass is 9.89. The lowest BCUT2D eigenvalue weighted by Gasteiger charge is -2.42. The Kier molecular flexibility index (Phi) is 7.48. The van der Waals surface area contributed by atoms with Crippen LogP contribution in [-0.4, -0.2) is 96.0 Å². The number of aryl methyl sites for hydroxylation is 1. The van der Waals surface area contributed by atoms with E-state index in [-0.39, 0.29) is 5.91 Å². The molecule has 0 aromatic carbocycles. The van der Waals surface area contributed by atoms with Gasteiger partial charge < -0.3 is 14.5 Å². The van der Waals surface area contributed by atoms with Crippen LogP contribution in [-0.2, 0) is 11.3 Å². The molecule has 2 aliphatic rings. The van der Waals surface area contributed by atoms with Gasteiger partial charge in [-0.3, -0.25) is 14.4 Å². The highest BCUT2D eigenvalue weighted by Crippen LogP contribution is 2.26. The molecule has 1 amide bonds. The summed E-state index contributed by atoms with van der Waals surface area (Å²) in [6, 6.07) is 2.51. The van der Waals surface area contributed by atoms with Gasteiger partial charge in [0.15, 0.2) is 0 Å². The monoisotopic (exact) mass is 391 g/mol. The Bertz CT molecular complexity index is 631. The second kappa shape index (κ2) is 9.85. The van der Waals surface area contributed by atoms with Gasteiger partial charge in [-0.05, 0) is 52.6 Å². The molecule has 1 atom stereocenters. The predicted octanol–water partition coefficient (Wildman–Crippen LogP) is 1.72. The molecule has 1 aromatic heterocycles. The van der Waals surface area contributed by atoms with Crippen molar-refractivity contribution in [2.75, 3.05) is 59.5 Å². The van der Waals surface area contributed by atoms with Crippen molar-refractivity contribution in [2.45, 2.75) is 46.2 Å². The summed E-state index contributed by atoms with van der Waals surface area (Å²) >= 11 is 0. The number of aromatic nitrogens is 2. The molecule has 0 saturated carbocycles. The maximum Gasteiger partial charge on any atom is 0.272 e. The molecular formula is C21H37N5O2. The van der Waals surface area contributed by atoms with Crippen LogP contribution in [0.5, 0.6) is 0 Å². The third-order valence-corrected chi connectivity index (χ3v) is 6.40. The first-order valence-corrected chi connectivity index (χ1v) is 10.8. The molecule has 1 unspecified atom stereocenters. The number of likely N-dealkylation sites (tertiary alicyclic amines) is 1. The van der Waals surface area contributed by atoms with E-state index in [1.807, 2.05) is 29.5 Å². The average molecular weight is 392 g/mol. The largest absolute Gasteiger partial charge is 0.380 e. The van der Waals surface area contributed by atoms with E-state index in [2.05, 4.69) is 28.9 Å². The maximum atomic E-state index is 13.1. The lowest BCUT2D eigenvalue weighted by molar-refractivity contribution is 0.0490. The molecule has 0 aliphatic carbocycles. The third-order valence-electron chi connectivity index (χ3n) is 6.40. The van der Waals surface area contributed by atoms with Crippen LogP contribution < -0.4 is 0 Å². The first-order valence-electron chi connectivity index (χ1n) is 10.8. The van der Waals surface area contributed by atoms with Crippen LogP contribution in [0.25, 0.3) is 0 Å². The fourth-order valence-electron chi connectivity index (χ4n) is 4.46. The number of rotatable bonds is 7. The van der Waals surface area contributed by atoms with Crippen molar-refractivity contribution in [1.29, 1.82) is 0 Å². The van der Waals surface area contributed by atoms with E-state index in [0.717, 1.165) is 57.8 Å². The SMILES string of the molecule is CCOCCn1nc(C)cc1C(=O)N1CCC(C(C)N2CCN(C)CC2)CC1. The molecule has 7 nitrogen and oxygen atoms in total. The number of piperidine rings is 1. The molecule has 158 valence electrons. The van der Waals surface area contributed by atoms with Gasteiger partial charge in [-0.2, -0.15) is 5.10 Å². The molecule has 2 saturated heterocycles. The zero-order valence-electron chi connectivity index (χ0n) is 18.1. The minimum atomic E-state index is 0.114. The van der Waals surface area contributed by atoms with Gasteiger partial charge in [0.25, 0.3) is 5.91 Å². The highest BCUT2D eigenvalue weighted by Gasteiger charge is 2.31. The summed E-state index contributed by atoms with van der Waals surface area (Å²) in [5.74, 6) is 0.792. The van der Waals surface area contributed by atoms with Crippen molar-refractivity contribution in [3.05, 3.63) is 17.5 Å². The van der Waals surface area contributed by atoms with E-state index in [0.29, 0.717) is 37.4 Å². The van der Waals surface area contributed by atoms with Gasteiger partial charge in [0.2, 0.25) is 0 Å². The van der Waals surface area contributed by atoms with Crippen LogP contribution in [0, 0.1) is 12.8 Å². The molecule has 3 rings (SSSR count). The van der Waals surface area contributed by atoms with E-state index >= 15 is 0 Å². The van der Waals surface area contributed by atoms with Crippen molar-refractivity contribution in [2.24, 2.45) is 5.92 Å². The van der Waals surface area contributed by atoms with Crippen molar-refractivity contribution < 1.29 is 9.53 Å². The lowest BCUT2D eigenvalue weighted by Crippen LogP contribution is -2.52. The molecule has 2 fully saturated rings. The second-order valence-corrected chi connectivity index (χ2v) is 8.30. The normalized spacial score (nSPS) is 21.2. The Balaban J connectivity index is 1.54. The number of likely N-dealkylation sites (N-methyl/N-ethyl adjacent to an activating group) is 1. The minimum Gasteiger partial charge on any atom is -0.380 e. The van der Waals surface area contributed by atoms with Crippen molar-refractivity contribution >= 4 is 5.91 Å². The first-order chi connectivity index (χ1) is 13.5. The van der Waals surface area contributed by atoms with Crippen molar-refractivity contribution in [3.63, 3.8) is 0 Å². The molecule has 3 heterocycles. The van der Waals surface area contributed by atoms with Crippen LogP contribution in [0.2, 0.25) is 0 Å². The smallest absolute Gasteiger partial charge is 0.272 e. The Morgan fingerprint density at radius 1 is 1.21 bits per heavy atom. The van der Waals surface area contributed by atoms with Crippen LogP contribution in [0.3, 0.4) is 0 Å². The van der Waals surface area contributed by atoms with Crippen LogP contribution >= 0.6 is 0 Å². The summed E-state index contributed by atoms with van der Waals surface area (Å²) in [5, 5.41) is 4.49. The number of piperazine rings is 1. The van der Waals surface area contributed by atoms with Crippen molar-refractivity contribution in [1.82, 2.24) is 24.5 Å². The zero-order chi connectivity index (χ0) is 20.1. The van der Waals surface area contributed by atoms with E-state index in [9.17, 15) is 4.79 Å². The molecular weight excluding hydrogens is 354 g/mol. The fourth-order valence-corrected chi connectivity index (χ4v) is 4.46. The minimum absolute atomic E-state index is 0.114. The number of hydrogen-bond acceptors (Lipinski definition) is 5. The summed E-state index contributed by atoms with van der Waals surface area (Å²) in [6.07, 6.45) is 2.18. The van der Waals surface area contributed by atoms with Gasteiger partial charge in [-0.25, -0.2) is 0 Å². The Morgan fingerprint density at radius 3 is 2.54 bits per heavy atom. The topological polar surface area (TPSA) is 53.8 Å². The second-order valence-electron chi connectivity index (χ2n) is 8.30. The van der Waals surface area contributed by atoms with Gasteiger partial charge in [-0.15, -0.1) is 0 Å². The summed E-state index contributed by atoms with van der Waals surface area (Å²) in [7, 11) is 2.20. The molecule has 0 radical (unpaired) electrons. The summed E-state index contributed by atoms with van der Waals surface area (Å²) < 4.78 is 7.25. The molecule has 0 spiro atoms. The van der Waals surface area contributed by atoms with Crippen molar-refractivity contribution in [3.8, 4) is 0 Å². The van der Waals surface area contributed by atoms with Gasteiger partial charge in [-0.1, -0.05) is 0 Å². The average Bonchev–Trinajstić information content (AvgIpc) is 3.08. The van der Waals surface area contributed by atoms with Gasteiger partial charge in [0.1, 0.15) is 5.69 Å². The fraction of sp³-hybridized carbons (Fsp3) is 0.810. The van der Waals surface area contributed by atoms with E-state index in [4.69, 9.17) is 4.74 Å². The number of carbonyl (C=O) groups is 1. The van der Waals surface area contributed by atoms with Crippen LogP contribution in [0.1, 0.15) is 42.9 Å². The quantitative estimate of drug-likeness (QED) is 0.663. The Hall–Kier alpha value is -1.44. The summed E-state index contributed by atoms with van der Waals surface area (Å²) in [5.41, 5.74) is 1.58. The maximum absolute atomic E-state index is 13.1. The van der Waals surface area contributed by atoms with Crippen LogP contribution in [0.15, 0.2) is 6.07 Å². The van der Waals surface area contributed by atoms with Gasteiger partial charge >= 0.3 is 0 Å². The van der Waals surface area contributed by atoms with E-state index < -0.39 is 0 Å². The summed E-state index contributed by atoms with van der Waals surface area (Å²) in [6.45, 7) is 14.5. The van der Waals surface area contributed by atoms with E-state index in [1.165, 1.54) is 0 Å². The molecule has 1 aromatic rings. The standard InChI is InChI=1S/C21H37N5O2/c1-5-28-15-14-26-20(16-17(2)22-26)21(27)25-8-6-19(7-9-25)18(3)24-12-10-23(4)11-13-24/h16,18-19H,5-15H2,1-4H3. The number of nitrogens with zero attached hydrogens (tertiary/aromatic N) is 5. The Morgan fingerprint density at radius 2 is 1.89 bits per heavy atom. The highest BCUT2D eigenvalue weighted by molar-refractivity contribution is 5.92. The number of amides is 1. The van der Waals surface area contributed by atoms with Crippen LogP contribution in [0.4, 0.5) is 0 Å². The molecule has 2 aliphatic heterocycles. The first kappa shape index (κ1) is 21.3. The molecule has 0 N–H and O–H groups in total.